The summed E-state index contributed by atoms with van der Waals surface area (Å²) in [5, 5.41) is 13.5. The van der Waals surface area contributed by atoms with Gasteiger partial charge in [-0.05, 0) is 24.6 Å². The maximum Gasteiger partial charge on any atom is 0.162 e. The molecule has 0 radical (unpaired) electrons. The summed E-state index contributed by atoms with van der Waals surface area (Å²) in [5.74, 6) is 1.79. The van der Waals surface area contributed by atoms with Crippen molar-refractivity contribution in [2.75, 3.05) is 14.2 Å². The molecule has 114 valence electrons. The van der Waals surface area contributed by atoms with Crippen molar-refractivity contribution in [1.82, 2.24) is 5.16 Å². The van der Waals surface area contributed by atoms with Gasteiger partial charge in [0.15, 0.2) is 17.3 Å². The predicted molar refractivity (Wildman–Crippen MR) is 75.2 cm³/mol. The Balaban J connectivity index is 2.04. The summed E-state index contributed by atoms with van der Waals surface area (Å²) in [5.41, 5.74) is 1.44. The molecular weight excluding hydrogens is 274 g/mol. The van der Waals surface area contributed by atoms with Crippen molar-refractivity contribution in [2.24, 2.45) is 0 Å². The van der Waals surface area contributed by atoms with E-state index in [0.29, 0.717) is 29.6 Å². The number of aliphatic hydroxyl groups is 1. The molecule has 2 rings (SSSR count). The van der Waals surface area contributed by atoms with Gasteiger partial charge >= 0.3 is 0 Å². The van der Waals surface area contributed by atoms with Crippen LogP contribution in [-0.4, -0.2) is 24.5 Å². The summed E-state index contributed by atoms with van der Waals surface area (Å²) in [6.07, 6.45) is -0.555. The first-order valence-corrected chi connectivity index (χ1v) is 6.56. The quantitative estimate of drug-likeness (QED) is 0.845. The molecule has 0 unspecified atom stereocenters. The highest BCUT2D eigenvalue weighted by atomic mass is 16.5. The van der Waals surface area contributed by atoms with Gasteiger partial charge in [0.2, 0.25) is 0 Å². The number of aromatic nitrogens is 1. The molecule has 2 aromatic rings. The van der Waals surface area contributed by atoms with Crippen molar-refractivity contribution in [3.05, 3.63) is 41.3 Å². The molecule has 0 saturated heterocycles. The number of benzene rings is 1. The lowest BCUT2D eigenvalue weighted by Gasteiger charge is -2.12. The van der Waals surface area contributed by atoms with Gasteiger partial charge in [0.05, 0.1) is 13.2 Å². The van der Waals surface area contributed by atoms with E-state index in [1.807, 2.05) is 0 Å². The largest absolute Gasteiger partial charge is 0.493 e. The topological polar surface area (TPSA) is 74.0 Å². The average Bonchev–Trinajstić information content (AvgIpc) is 2.93. The number of rotatable bonds is 7. The minimum absolute atomic E-state index is 0.262. The molecule has 6 heteroatoms. The Kier molecular flexibility index (Phi) is 5.19. The number of nitrogens with zero attached hydrogens (tertiary/aromatic N) is 1. The molecule has 0 fully saturated rings. The van der Waals surface area contributed by atoms with Crippen molar-refractivity contribution in [3.63, 3.8) is 0 Å². The molecule has 1 aromatic carbocycles. The first-order chi connectivity index (χ1) is 10.1. The van der Waals surface area contributed by atoms with E-state index in [2.05, 4.69) is 5.16 Å². The van der Waals surface area contributed by atoms with Crippen LogP contribution in [0.3, 0.4) is 0 Å². The number of ether oxygens (including phenoxy) is 3. The minimum Gasteiger partial charge on any atom is -0.493 e. The van der Waals surface area contributed by atoms with Crippen LogP contribution >= 0.6 is 0 Å². The standard InChI is InChI=1S/C15H19NO5/c1-10(17)11-4-5-14(15(6-11)19-3)20-8-12-7-13(9-18-2)21-16-12/h4-7,10,17H,8-9H2,1-3H3/t10-/m0/s1. The molecule has 0 aliphatic heterocycles. The zero-order chi connectivity index (χ0) is 15.2. The molecule has 0 amide bonds. The van der Waals surface area contributed by atoms with Gasteiger partial charge in [-0.3, -0.25) is 0 Å². The Morgan fingerprint density at radius 2 is 2.00 bits per heavy atom. The zero-order valence-electron chi connectivity index (χ0n) is 12.3. The molecule has 6 nitrogen and oxygen atoms in total. The van der Waals surface area contributed by atoms with Crippen LogP contribution in [0.2, 0.25) is 0 Å². The van der Waals surface area contributed by atoms with Crippen LogP contribution in [0.5, 0.6) is 11.5 Å². The number of hydrogen-bond acceptors (Lipinski definition) is 6. The Bertz CT molecular complexity index is 579. The fourth-order valence-electron chi connectivity index (χ4n) is 1.85. The van der Waals surface area contributed by atoms with Crippen molar-refractivity contribution < 1.29 is 23.8 Å². The molecule has 1 N–H and O–H groups in total. The monoisotopic (exact) mass is 293 g/mol. The van der Waals surface area contributed by atoms with Gasteiger partial charge in [0.1, 0.15) is 18.9 Å². The van der Waals surface area contributed by atoms with Crippen molar-refractivity contribution in [3.8, 4) is 11.5 Å². The second-order valence-corrected chi connectivity index (χ2v) is 4.59. The van der Waals surface area contributed by atoms with Gasteiger partial charge in [-0.25, -0.2) is 0 Å². The number of aliphatic hydroxyl groups excluding tert-OH is 1. The van der Waals surface area contributed by atoms with Gasteiger partial charge in [-0.2, -0.15) is 0 Å². The lowest BCUT2D eigenvalue weighted by Crippen LogP contribution is -1.99. The highest BCUT2D eigenvalue weighted by Gasteiger charge is 2.10. The highest BCUT2D eigenvalue weighted by molar-refractivity contribution is 5.43. The Hall–Kier alpha value is -2.05. The van der Waals surface area contributed by atoms with Crippen LogP contribution in [0.25, 0.3) is 0 Å². The Labute approximate surface area is 123 Å². The Morgan fingerprint density at radius 3 is 2.67 bits per heavy atom. The summed E-state index contributed by atoms with van der Waals surface area (Å²) in [4.78, 5) is 0. The summed E-state index contributed by atoms with van der Waals surface area (Å²) < 4.78 is 21.0. The van der Waals surface area contributed by atoms with E-state index in [4.69, 9.17) is 18.7 Å². The minimum atomic E-state index is -0.555. The normalized spacial score (nSPS) is 12.2. The van der Waals surface area contributed by atoms with Crippen LogP contribution in [-0.2, 0) is 18.0 Å². The first kappa shape index (κ1) is 15.3. The lowest BCUT2D eigenvalue weighted by atomic mass is 10.1. The van der Waals surface area contributed by atoms with Crippen LogP contribution < -0.4 is 9.47 Å². The highest BCUT2D eigenvalue weighted by Crippen LogP contribution is 2.30. The summed E-state index contributed by atoms with van der Waals surface area (Å²) in [6.45, 7) is 2.33. The molecule has 1 atom stereocenters. The van der Waals surface area contributed by atoms with Crippen molar-refractivity contribution >= 4 is 0 Å². The SMILES string of the molecule is COCc1cc(COc2ccc([C@H](C)O)cc2OC)no1. The first-order valence-electron chi connectivity index (χ1n) is 6.56. The number of methoxy groups -OCH3 is 2. The van der Waals surface area contributed by atoms with E-state index < -0.39 is 6.10 Å². The molecule has 0 saturated carbocycles. The molecular formula is C15H19NO5. The van der Waals surface area contributed by atoms with E-state index >= 15 is 0 Å². The second-order valence-electron chi connectivity index (χ2n) is 4.59. The van der Waals surface area contributed by atoms with Crippen LogP contribution in [0, 0.1) is 0 Å². The molecule has 0 aliphatic rings. The van der Waals surface area contributed by atoms with E-state index in [0.717, 1.165) is 5.56 Å². The number of hydrogen-bond donors (Lipinski definition) is 1. The summed E-state index contributed by atoms with van der Waals surface area (Å²) in [6, 6.07) is 7.08. The van der Waals surface area contributed by atoms with E-state index in [-0.39, 0.29) is 6.61 Å². The molecule has 1 heterocycles. The van der Waals surface area contributed by atoms with Gasteiger partial charge < -0.3 is 23.8 Å². The lowest BCUT2D eigenvalue weighted by molar-refractivity contribution is 0.155. The summed E-state index contributed by atoms with van der Waals surface area (Å²) in [7, 11) is 3.15. The molecule has 0 bridgehead atoms. The third kappa shape index (κ3) is 3.96. The molecule has 1 aromatic heterocycles. The van der Waals surface area contributed by atoms with Crippen molar-refractivity contribution in [2.45, 2.75) is 26.2 Å². The van der Waals surface area contributed by atoms with Crippen molar-refractivity contribution in [1.29, 1.82) is 0 Å². The molecule has 21 heavy (non-hydrogen) atoms. The third-order valence-electron chi connectivity index (χ3n) is 2.94. The van der Waals surface area contributed by atoms with Gasteiger partial charge in [0.25, 0.3) is 0 Å². The Morgan fingerprint density at radius 1 is 1.19 bits per heavy atom. The molecule has 0 spiro atoms. The van der Waals surface area contributed by atoms with Crippen LogP contribution in [0.4, 0.5) is 0 Å². The van der Waals surface area contributed by atoms with Gasteiger partial charge in [0, 0.05) is 13.2 Å². The van der Waals surface area contributed by atoms with Crippen LogP contribution in [0.15, 0.2) is 28.8 Å². The maximum absolute atomic E-state index is 9.57. The third-order valence-corrected chi connectivity index (χ3v) is 2.94. The van der Waals surface area contributed by atoms with E-state index in [1.165, 1.54) is 0 Å². The van der Waals surface area contributed by atoms with Crippen LogP contribution in [0.1, 0.15) is 30.0 Å². The fraction of sp³-hybridized carbons (Fsp3) is 0.400. The van der Waals surface area contributed by atoms with E-state index in [9.17, 15) is 5.11 Å². The second kappa shape index (κ2) is 7.10. The average molecular weight is 293 g/mol. The fourth-order valence-corrected chi connectivity index (χ4v) is 1.85. The molecule has 0 aliphatic carbocycles. The van der Waals surface area contributed by atoms with Gasteiger partial charge in [-0.15, -0.1) is 0 Å². The van der Waals surface area contributed by atoms with E-state index in [1.54, 1.807) is 45.4 Å². The van der Waals surface area contributed by atoms with Gasteiger partial charge in [-0.1, -0.05) is 11.2 Å². The smallest absolute Gasteiger partial charge is 0.162 e. The summed E-state index contributed by atoms with van der Waals surface area (Å²) >= 11 is 0. The zero-order valence-corrected chi connectivity index (χ0v) is 12.3. The predicted octanol–water partition coefficient (Wildman–Crippen LogP) is 2.46. The maximum atomic E-state index is 9.57.